The Hall–Kier alpha value is -2.43. The molecule has 2 unspecified atom stereocenters. The average molecular weight is 450 g/mol. The predicted octanol–water partition coefficient (Wildman–Crippen LogP) is 3.83. The van der Waals surface area contributed by atoms with Crippen molar-refractivity contribution in [3.63, 3.8) is 0 Å². The molecule has 2 aromatic heterocycles. The predicted molar refractivity (Wildman–Crippen MR) is 132 cm³/mol. The van der Waals surface area contributed by atoms with E-state index in [0.29, 0.717) is 8.58 Å². The van der Waals surface area contributed by atoms with Gasteiger partial charge in [-0.25, -0.2) is 0 Å². The van der Waals surface area contributed by atoms with Crippen molar-refractivity contribution in [1.82, 2.24) is 24.1 Å². The third-order valence-electron chi connectivity index (χ3n) is 6.55. The van der Waals surface area contributed by atoms with Gasteiger partial charge in [0.25, 0.3) is 5.91 Å². The maximum atomic E-state index is 13.1. The van der Waals surface area contributed by atoms with Crippen LogP contribution in [0.4, 0.5) is 0 Å². The lowest BCUT2D eigenvalue weighted by molar-refractivity contribution is -0.123. The number of hydrogen-bond acceptors (Lipinski definition) is 4. The Balaban J connectivity index is 1.36. The molecule has 0 aromatic carbocycles. The van der Waals surface area contributed by atoms with Crippen molar-refractivity contribution >= 4 is 25.3 Å². The first-order valence-electron chi connectivity index (χ1n) is 11.7. The van der Waals surface area contributed by atoms with Crippen molar-refractivity contribution in [3.8, 4) is 0 Å². The first kappa shape index (κ1) is 21.4. The molecule has 6 nitrogen and oxygen atoms in total. The molecule has 0 radical (unpaired) electrons. The molecule has 1 amide bonds. The molecule has 168 valence electrons. The molecule has 5 rings (SSSR count). The van der Waals surface area contributed by atoms with E-state index in [2.05, 4.69) is 69.8 Å². The summed E-state index contributed by atoms with van der Waals surface area (Å²) in [7, 11) is 0.534. The van der Waals surface area contributed by atoms with Gasteiger partial charge in [-0.05, 0) is 43.8 Å². The van der Waals surface area contributed by atoms with E-state index in [4.69, 9.17) is 0 Å². The van der Waals surface area contributed by atoms with E-state index < -0.39 is 0 Å². The highest BCUT2D eigenvalue weighted by Crippen LogP contribution is 2.45. The zero-order valence-electron chi connectivity index (χ0n) is 19.2. The standard InChI is InChI=1S/C25H32N5OP/c1-4-8-27-9-11-28(12-10-27)20-6-7-25-30(17-20)24(31)14-23(32-25)19-13-22-21(5-2)26-18(3)15-29(22)16-19/h6-7,13-17,25,32H,4-5,8-12H2,1-3H3. The van der Waals surface area contributed by atoms with Crippen LogP contribution in [0.15, 0.2) is 48.6 Å². The summed E-state index contributed by atoms with van der Waals surface area (Å²) in [5.74, 6) is 0.191. The Morgan fingerprint density at radius 2 is 1.97 bits per heavy atom. The number of carbonyl (C=O) groups is 1. The van der Waals surface area contributed by atoms with Crippen LogP contribution >= 0.6 is 8.58 Å². The lowest BCUT2D eigenvalue weighted by Crippen LogP contribution is -2.47. The van der Waals surface area contributed by atoms with E-state index in [0.717, 1.165) is 66.1 Å². The molecule has 0 spiro atoms. The van der Waals surface area contributed by atoms with Crippen LogP contribution in [-0.2, 0) is 11.2 Å². The van der Waals surface area contributed by atoms with Gasteiger partial charge in [-0.3, -0.25) is 14.7 Å². The van der Waals surface area contributed by atoms with Crippen LogP contribution in [0.5, 0.6) is 0 Å². The summed E-state index contributed by atoms with van der Waals surface area (Å²) in [5.41, 5.74) is 5.55. The quantitative estimate of drug-likeness (QED) is 0.651. The Morgan fingerprint density at radius 1 is 1.16 bits per heavy atom. The molecule has 7 heteroatoms. The fraction of sp³-hybridized carbons (Fsp3) is 0.440. The smallest absolute Gasteiger partial charge is 0.252 e. The van der Waals surface area contributed by atoms with Gasteiger partial charge in [0.05, 0.1) is 28.4 Å². The minimum absolute atomic E-state index is 0.0792. The number of fused-ring (bicyclic) bond motifs is 2. The Morgan fingerprint density at radius 3 is 2.72 bits per heavy atom. The van der Waals surface area contributed by atoms with Crippen LogP contribution in [0.2, 0.25) is 0 Å². The van der Waals surface area contributed by atoms with Crippen LogP contribution < -0.4 is 0 Å². The lowest BCUT2D eigenvalue weighted by Gasteiger charge is -2.40. The molecule has 32 heavy (non-hydrogen) atoms. The van der Waals surface area contributed by atoms with Crippen LogP contribution in [0.1, 0.15) is 37.2 Å². The van der Waals surface area contributed by atoms with Gasteiger partial charge in [0.15, 0.2) is 0 Å². The first-order chi connectivity index (χ1) is 15.6. The van der Waals surface area contributed by atoms with Crippen molar-refractivity contribution in [3.05, 3.63) is 65.5 Å². The van der Waals surface area contributed by atoms with Crippen LogP contribution in [0, 0.1) is 6.92 Å². The van der Waals surface area contributed by atoms with Gasteiger partial charge in [0.2, 0.25) is 0 Å². The Labute approximate surface area is 192 Å². The second kappa shape index (κ2) is 8.84. The van der Waals surface area contributed by atoms with E-state index in [1.54, 1.807) is 0 Å². The third-order valence-corrected chi connectivity index (χ3v) is 8.06. The highest BCUT2D eigenvalue weighted by atomic mass is 31.1. The molecule has 1 fully saturated rings. The van der Waals surface area contributed by atoms with Gasteiger partial charge in [-0.1, -0.05) is 28.5 Å². The second-order valence-corrected chi connectivity index (χ2v) is 10.3. The normalized spacial score (nSPS) is 22.5. The molecule has 0 aliphatic carbocycles. The van der Waals surface area contributed by atoms with Gasteiger partial charge >= 0.3 is 0 Å². The molecule has 2 atom stereocenters. The number of hydrogen-bond donors (Lipinski definition) is 0. The zero-order valence-corrected chi connectivity index (χ0v) is 20.2. The molecular weight excluding hydrogens is 417 g/mol. The number of piperazine rings is 1. The summed E-state index contributed by atoms with van der Waals surface area (Å²) >= 11 is 0. The number of carbonyl (C=O) groups excluding carboxylic acids is 1. The highest BCUT2D eigenvalue weighted by Gasteiger charge is 2.30. The van der Waals surface area contributed by atoms with Crippen molar-refractivity contribution in [2.75, 3.05) is 32.7 Å². The van der Waals surface area contributed by atoms with Gasteiger partial charge in [0, 0.05) is 56.4 Å². The minimum atomic E-state index is 0.0792. The number of amides is 1. The van der Waals surface area contributed by atoms with Crippen LogP contribution in [0.25, 0.3) is 10.8 Å². The molecule has 2 aromatic rings. The fourth-order valence-electron chi connectivity index (χ4n) is 4.89. The number of aromatic nitrogens is 2. The Bertz CT molecular complexity index is 1120. The highest BCUT2D eigenvalue weighted by molar-refractivity contribution is 7.51. The number of rotatable bonds is 5. The van der Waals surface area contributed by atoms with Crippen molar-refractivity contribution in [1.29, 1.82) is 0 Å². The summed E-state index contributed by atoms with van der Waals surface area (Å²) in [5, 5.41) is 1.13. The van der Waals surface area contributed by atoms with E-state index in [-0.39, 0.29) is 11.7 Å². The molecule has 3 aliphatic rings. The van der Waals surface area contributed by atoms with E-state index in [1.165, 1.54) is 13.0 Å². The van der Waals surface area contributed by atoms with Crippen molar-refractivity contribution in [2.45, 2.75) is 39.4 Å². The Kier molecular flexibility index (Phi) is 5.92. The molecule has 0 bridgehead atoms. The summed E-state index contributed by atoms with van der Waals surface area (Å²) < 4.78 is 2.16. The zero-order chi connectivity index (χ0) is 22.2. The third kappa shape index (κ3) is 4.02. The van der Waals surface area contributed by atoms with Crippen LogP contribution in [-0.4, -0.2) is 68.5 Å². The fourth-order valence-corrected chi connectivity index (χ4v) is 6.25. The first-order valence-corrected chi connectivity index (χ1v) is 12.8. The van der Waals surface area contributed by atoms with Gasteiger partial charge in [0.1, 0.15) is 0 Å². The summed E-state index contributed by atoms with van der Waals surface area (Å²) in [4.78, 5) is 24.7. The largest absolute Gasteiger partial charge is 0.368 e. The molecule has 0 N–H and O–H groups in total. The second-order valence-electron chi connectivity index (χ2n) is 8.84. The lowest BCUT2D eigenvalue weighted by atomic mass is 10.2. The van der Waals surface area contributed by atoms with Crippen molar-refractivity contribution < 1.29 is 4.79 Å². The topological polar surface area (TPSA) is 44.1 Å². The SMILES string of the molecule is CCCN1CCN(C2=CN3C(=O)C=C(c4cc5c(CC)nc(C)cn5c4)PC3C=C2)CC1. The number of nitrogens with zero attached hydrogens (tertiary/aromatic N) is 5. The number of allylic oxidation sites excluding steroid dienone is 1. The molecule has 3 aliphatic heterocycles. The number of aryl methyl sites for hydroxylation is 2. The van der Waals surface area contributed by atoms with Gasteiger partial charge in [-0.2, -0.15) is 0 Å². The maximum Gasteiger partial charge on any atom is 0.252 e. The molecular formula is C25H32N5OP. The van der Waals surface area contributed by atoms with E-state index in [1.807, 2.05) is 17.9 Å². The van der Waals surface area contributed by atoms with Gasteiger partial charge in [-0.15, -0.1) is 0 Å². The molecule has 5 heterocycles. The monoisotopic (exact) mass is 449 g/mol. The van der Waals surface area contributed by atoms with E-state index in [9.17, 15) is 4.79 Å². The summed E-state index contributed by atoms with van der Waals surface area (Å²) in [6, 6.07) is 2.19. The van der Waals surface area contributed by atoms with Crippen molar-refractivity contribution in [2.24, 2.45) is 0 Å². The van der Waals surface area contributed by atoms with Gasteiger partial charge < -0.3 is 14.2 Å². The molecule has 0 saturated carbocycles. The summed E-state index contributed by atoms with van der Waals surface area (Å²) in [6.45, 7) is 11.8. The van der Waals surface area contributed by atoms with Crippen LogP contribution in [0.3, 0.4) is 0 Å². The summed E-state index contributed by atoms with van der Waals surface area (Å²) in [6.07, 6.45) is 14.7. The maximum absolute atomic E-state index is 13.1. The molecule has 1 saturated heterocycles. The average Bonchev–Trinajstić information content (AvgIpc) is 3.23. The minimum Gasteiger partial charge on any atom is -0.368 e. The van der Waals surface area contributed by atoms with E-state index >= 15 is 0 Å².